The summed E-state index contributed by atoms with van der Waals surface area (Å²) in [5.74, 6) is 0.453. The van der Waals surface area contributed by atoms with Crippen LogP contribution in [0, 0.1) is 0 Å². The van der Waals surface area contributed by atoms with Crippen molar-refractivity contribution >= 4 is 11.6 Å². The van der Waals surface area contributed by atoms with Crippen LogP contribution in [0.1, 0.15) is 11.1 Å². The molecule has 1 amide bonds. The zero-order valence-corrected chi connectivity index (χ0v) is 17.9. The number of amides is 1. The van der Waals surface area contributed by atoms with Gasteiger partial charge in [0.05, 0.1) is 6.10 Å². The van der Waals surface area contributed by atoms with E-state index in [0.29, 0.717) is 12.3 Å². The Bertz CT molecular complexity index is 869. The maximum atomic E-state index is 12.2. The van der Waals surface area contributed by atoms with Crippen LogP contribution in [0.2, 0.25) is 0 Å². The summed E-state index contributed by atoms with van der Waals surface area (Å²) in [6.45, 7) is 6.34. The van der Waals surface area contributed by atoms with Gasteiger partial charge in [-0.15, -0.1) is 0 Å². The molecule has 0 bridgehead atoms. The van der Waals surface area contributed by atoms with Crippen molar-refractivity contribution in [3.8, 4) is 5.75 Å². The third kappa shape index (κ3) is 6.19. The Morgan fingerprint density at radius 3 is 2.74 bits per heavy atom. The summed E-state index contributed by atoms with van der Waals surface area (Å²) in [4.78, 5) is 16.7. The van der Waals surface area contributed by atoms with E-state index < -0.39 is 6.10 Å². The summed E-state index contributed by atoms with van der Waals surface area (Å²) in [6, 6.07) is 16.3. The SMILES string of the molecule is O=C(COc1cccc(N2CCNCC2)c1)NCC(O)CN1CCc2ccccc2C1. The first-order chi connectivity index (χ1) is 15.2. The van der Waals surface area contributed by atoms with Gasteiger partial charge in [0.15, 0.2) is 6.61 Å². The second-order valence-corrected chi connectivity index (χ2v) is 8.23. The van der Waals surface area contributed by atoms with Crippen molar-refractivity contribution in [2.24, 2.45) is 0 Å². The summed E-state index contributed by atoms with van der Waals surface area (Å²) in [6.07, 6.45) is 0.390. The molecule has 0 spiro atoms. The number of aliphatic hydroxyl groups is 1. The Kier molecular flexibility index (Phi) is 7.40. The molecule has 2 heterocycles. The molecule has 3 N–H and O–H groups in total. The highest BCUT2D eigenvalue weighted by molar-refractivity contribution is 5.77. The number of carbonyl (C=O) groups excluding carboxylic acids is 1. The van der Waals surface area contributed by atoms with Gasteiger partial charge in [0, 0.05) is 64.1 Å². The average Bonchev–Trinajstić information content (AvgIpc) is 2.82. The van der Waals surface area contributed by atoms with Crippen molar-refractivity contribution in [1.29, 1.82) is 0 Å². The van der Waals surface area contributed by atoms with Gasteiger partial charge in [-0.25, -0.2) is 0 Å². The van der Waals surface area contributed by atoms with Crippen LogP contribution in [0.5, 0.6) is 5.75 Å². The zero-order chi connectivity index (χ0) is 21.5. The Morgan fingerprint density at radius 1 is 1.10 bits per heavy atom. The fraction of sp³-hybridized carbons (Fsp3) is 0.458. The number of hydrogen-bond donors (Lipinski definition) is 3. The molecule has 1 atom stereocenters. The third-order valence-electron chi connectivity index (χ3n) is 5.88. The van der Waals surface area contributed by atoms with E-state index >= 15 is 0 Å². The molecule has 0 aliphatic carbocycles. The van der Waals surface area contributed by atoms with Gasteiger partial charge in [-0.3, -0.25) is 9.69 Å². The van der Waals surface area contributed by atoms with Crippen molar-refractivity contribution in [2.45, 2.75) is 19.1 Å². The van der Waals surface area contributed by atoms with E-state index in [9.17, 15) is 9.90 Å². The second kappa shape index (κ2) is 10.6. The van der Waals surface area contributed by atoms with Crippen LogP contribution in [0.25, 0.3) is 0 Å². The molecule has 2 aromatic rings. The van der Waals surface area contributed by atoms with Crippen molar-refractivity contribution < 1.29 is 14.6 Å². The van der Waals surface area contributed by atoms with Crippen LogP contribution in [-0.4, -0.2) is 74.4 Å². The molecule has 7 heteroatoms. The van der Waals surface area contributed by atoms with Crippen LogP contribution in [-0.2, 0) is 17.8 Å². The fourth-order valence-corrected chi connectivity index (χ4v) is 4.20. The van der Waals surface area contributed by atoms with Crippen molar-refractivity contribution in [3.63, 3.8) is 0 Å². The molecule has 4 rings (SSSR count). The van der Waals surface area contributed by atoms with Crippen molar-refractivity contribution in [3.05, 3.63) is 59.7 Å². The molecule has 2 aromatic carbocycles. The standard InChI is InChI=1S/C24H32N4O3/c29-22(17-27-11-8-19-4-1-2-5-20(19)16-27)15-26-24(30)18-31-23-7-3-6-21(14-23)28-12-9-25-10-13-28/h1-7,14,22,25,29H,8-13,15-18H2,(H,26,30). The summed E-state index contributed by atoms with van der Waals surface area (Å²) >= 11 is 0. The lowest BCUT2D eigenvalue weighted by Gasteiger charge is -2.30. The first-order valence-corrected chi connectivity index (χ1v) is 11.1. The molecule has 0 radical (unpaired) electrons. The van der Waals surface area contributed by atoms with E-state index in [1.54, 1.807) is 0 Å². The van der Waals surface area contributed by atoms with E-state index in [1.165, 1.54) is 11.1 Å². The lowest BCUT2D eigenvalue weighted by Crippen LogP contribution is -2.43. The number of ether oxygens (including phenoxy) is 1. The zero-order valence-electron chi connectivity index (χ0n) is 17.9. The Balaban J connectivity index is 1.17. The minimum atomic E-state index is -0.606. The van der Waals surface area contributed by atoms with Crippen LogP contribution in [0.4, 0.5) is 5.69 Å². The van der Waals surface area contributed by atoms with Gasteiger partial charge in [0.1, 0.15) is 5.75 Å². The summed E-state index contributed by atoms with van der Waals surface area (Å²) in [5.41, 5.74) is 3.82. The number of β-amino-alcohol motifs (C(OH)–C–C–N with tert-alkyl or cyclic N) is 1. The van der Waals surface area contributed by atoms with E-state index in [0.717, 1.165) is 51.4 Å². The third-order valence-corrected chi connectivity index (χ3v) is 5.88. The topological polar surface area (TPSA) is 77.1 Å². The number of benzene rings is 2. The minimum Gasteiger partial charge on any atom is -0.484 e. The Hall–Kier alpha value is -2.61. The molecule has 1 saturated heterocycles. The average molecular weight is 425 g/mol. The van der Waals surface area contributed by atoms with Crippen LogP contribution < -0.4 is 20.3 Å². The van der Waals surface area contributed by atoms with Gasteiger partial charge in [0.25, 0.3) is 5.91 Å². The maximum Gasteiger partial charge on any atom is 0.258 e. The van der Waals surface area contributed by atoms with E-state index in [4.69, 9.17) is 4.74 Å². The van der Waals surface area contributed by atoms with Crippen LogP contribution in [0.15, 0.2) is 48.5 Å². The molecule has 2 aliphatic heterocycles. The number of carbonyl (C=O) groups is 1. The van der Waals surface area contributed by atoms with Gasteiger partial charge in [-0.1, -0.05) is 30.3 Å². The molecular weight excluding hydrogens is 392 g/mol. The molecular formula is C24H32N4O3. The number of aliphatic hydroxyl groups excluding tert-OH is 1. The van der Waals surface area contributed by atoms with E-state index in [-0.39, 0.29) is 19.1 Å². The number of hydrogen-bond acceptors (Lipinski definition) is 6. The molecule has 2 aliphatic rings. The lowest BCUT2D eigenvalue weighted by molar-refractivity contribution is -0.123. The normalized spacial score (nSPS) is 17.6. The highest BCUT2D eigenvalue weighted by Gasteiger charge is 2.19. The smallest absolute Gasteiger partial charge is 0.258 e. The summed E-state index contributed by atoms with van der Waals surface area (Å²) in [7, 11) is 0. The predicted octanol–water partition coefficient (Wildman–Crippen LogP) is 1.01. The number of fused-ring (bicyclic) bond motifs is 1. The first kappa shape index (κ1) is 21.6. The number of rotatable bonds is 8. The van der Waals surface area contributed by atoms with Gasteiger partial charge in [0.2, 0.25) is 0 Å². The molecule has 1 unspecified atom stereocenters. The molecule has 0 aromatic heterocycles. The minimum absolute atomic E-state index is 0.0607. The van der Waals surface area contributed by atoms with Gasteiger partial charge in [-0.2, -0.15) is 0 Å². The first-order valence-electron chi connectivity index (χ1n) is 11.1. The fourth-order valence-electron chi connectivity index (χ4n) is 4.20. The number of nitrogens with one attached hydrogen (secondary N) is 2. The van der Waals surface area contributed by atoms with E-state index in [1.807, 2.05) is 18.2 Å². The Labute approximate surface area is 184 Å². The maximum absolute atomic E-state index is 12.2. The lowest BCUT2D eigenvalue weighted by atomic mass is 10.00. The largest absolute Gasteiger partial charge is 0.484 e. The summed E-state index contributed by atoms with van der Waals surface area (Å²) < 4.78 is 5.67. The van der Waals surface area contributed by atoms with Crippen molar-refractivity contribution in [1.82, 2.24) is 15.5 Å². The van der Waals surface area contributed by atoms with Gasteiger partial charge in [-0.05, 0) is 29.7 Å². The second-order valence-electron chi connectivity index (χ2n) is 8.23. The molecule has 1 fully saturated rings. The predicted molar refractivity (Wildman–Crippen MR) is 121 cm³/mol. The van der Waals surface area contributed by atoms with Crippen LogP contribution >= 0.6 is 0 Å². The monoisotopic (exact) mass is 424 g/mol. The summed E-state index contributed by atoms with van der Waals surface area (Å²) in [5, 5.41) is 16.5. The highest BCUT2D eigenvalue weighted by atomic mass is 16.5. The molecule has 7 nitrogen and oxygen atoms in total. The Morgan fingerprint density at radius 2 is 1.90 bits per heavy atom. The quantitative estimate of drug-likeness (QED) is 0.587. The van der Waals surface area contributed by atoms with Crippen LogP contribution in [0.3, 0.4) is 0 Å². The number of nitrogens with zero attached hydrogens (tertiary/aromatic N) is 2. The van der Waals surface area contributed by atoms with Gasteiger partial charge < -0.3 is 25.4 Å². The number of anilines is 1. The highest BCUT2D eigenvalue weighted by Crippen LogP contribution is 2.21. The molecule has 0 saturated carbocycles. The van der Waals surface area contributed by atoms with Crippen molar-refractivity contribution in [2.75, 3.05) is 57.3 Å². The van der Waals surface area contributed by atoms with E-state index in [2.05, 4.69) is 50.8 Å². The van der Waals surface area contributed by atoms with Gasteiger partial charge >= 0.3 is 0 Å². The number of piperazine rings is 1. The molecule has 166 valence electrons. The molecule has 31 heavy (non-hydrogen) atoms.